The van der Waals surface area contributed by atoms with Crippen molar-refractivity contribution >= 4 is 17.9 Å². The predicted molar refractivity (Wildman–Crippen MR) is 261 cm³/mol. The van der Waals surface area contributed by atoms with Crippen molar-refractivity contribution in [2.75, 3.05) is 13.2 Å². The Kier molecular flexibility index (Phi) is 48.8. The zero-order valence-electron chi connectivity index (χ0n) is 40.9. The van der Waals surface area contributed by atoms with Gasteiger partial charge in [0, 0.05) is 19.3 Å². The Morgan fingerprint density at radius 1 is 0.328 bits per heavy atom. The van der Waals surface area contributed by atoms with Gasteiger partial charge in [-0.05, 0) is 51.4 Å². The van der Waals surface area contributed by atoms with Crippen LogP contribution >= 0.6 is 0 Å². The Morgan fingerprint density at radius 2 is 0.590 bits per heavy atom. The third-order valence-electron chi connectivity index (χ3n) is 12.0. The van der Waals surface area contributed by atoms with Crippen molar-refractivity contribution in [2.24, 2.45) is 0 Å². The van der Waals surface area contributed by atoms with Crippen molar-refractivity contribution in [3.05, 3.63) is 24.3 Å². The molecule has 0 amide bonds. The molecule has 0 aliphatic heterocycles. The Bertz CT molecular complexity index is 989. The van der Waals surface area contributed by atoms with Gasteiger partial charge < -0.3 is 14.2 Å². The lowest BCUT2D eigenvalue weighted by atomic mass is 10.0. The summed E-state index contributed by atoms with van der Waals surface area (Å²) >= 11 is 0. The number of carbonyl (C=O) groups excluding carboxylic acids is 3. The fourth-order valence-corrected chi connectivity index (χ4v) is 7.89. The molecule has 0 bridgehead atoms. The molecule has 0 aliphatic rings. The molecule has 0 heterocycles. The Labute approximate surface area is 379 Å². The Balaban J connectivity index is 4.28. The molecule has 0 rings (SSSR count). The molecule has 61 heavy (non-hydrogen) atoms. The lowest BCUT2D eigenvalue weighted by molar-refractivity contribution is -0.167. The topological polar surface area (TPSA) is 78.9 Å². The highest BCUT2D eigenvalue weighted by atomic mass is 16.6. The number of esters is 3. The lowest BCUT2D eigenvalue weighted by Crippen LogP contribution is -2.30. The van der Waals surface area contributed by atoms with Gasteiger partial charge in [0.2, 0.25) is 0 Å². The van der Waals surface area contributed by atoms with E-state index in [0.717, 1.165) is 64.2 Å². The molecule has 6 nitrogen and oxygen atoms in total. The van der Waals surface area contributed by atoms with Gasteiger partial charge in [-0.15, -0.1) is 0 Å². The van der Waals surface area contributed by atoms with Gasteiger partial charge in [0.25, 0.3) is 0 Å². The summed E-state index contributed by atoms with van der Waals surface area (Å²) in [6.07, 6.45) is 57.3. The summed E-state index contributed by atoms with van der Waals surface area (Å²) in [6.45, 7) is 6.63. The van der Waals surface area contributed by atoms with Crippen LogP contribution in [0.15, 0.2) is 24.3 Å². The molecule has 6 heteroatoms. The number of allylic oxidation sites excluding steroid dienone is 4. The molecule has 1 atom stereocenters. The lowest BCUT2D eigenvalue weighted by Gasteiger charge is -2.18. The van der Waals surface area contributed by atoms with E-state index in [2.05, 4.69) is 45.1 Å². The molecule has 0 saturated heterocycles. The highest BCUT2D eigenvalue weighted by Crippen LogP contribution is 2.16. The summed E-state index contributed by atoms with van der Waals surface area (Å²) in [5, 5.41) is 0. The van der Waals surface area contributed by atoms with Crippen molar-refractivity contribution in [2.45, 2.75) is 297 Å². The molecule has 0 aliphatic carbocycles. The maximum Gasteiger partial charge on any atom is 0.306 e. The summed E-state index contributed by atoms with van der Waals surface area (Å²) in [5.41, 5.74) is 0. The van der Waals surface area contributed by atoms with E-state index in [-0.39, 0.29) is 31.1 Å². The van der Waals surface area contributed by atoms with Gasteiger partial charge in [-0.2, -0.15) is 0 Å². The summed E-state index contributed by atoms with van der Waals surface area (Å²) < 4.78 is 16.8. The normalized spacial score (nSPS) is 12.1. The molecule has 0 fully saturated rings. The molecule has 0 aromatic heterocycles. The van der Waals surface area contributed by atoms with Gasteiger partial charge in [-0.25, -0.2) is 0 Å². The third kappa shape index (κ3) is 48.8. The van der Waals surface area contributed by atoms with Gasteiger partial charge in [0.15, 0.2) is 6.10 Å². The van der Waals surface area contributed by atoms with E-state index in [4.69, 9.17) is 14.2 Å². The van der Waals surface area contributed by atoms with E-state index in [1.807, 2.05) is 0 Å². The van der Waals surface area contributed by atoms with E-state index >= 15 is 0 Å². The monoisotopic (exact) mass is 859 g/mol. The quantitative estimate of drug-likeness (QED) is 0.0262. The van der Waals surface area contributed by atoms with E-state index < -0.39 is 6.10 Å². The van der Waals surface area contributed by atoms with E-state index in [1.54, 1.807) is 0 Å². The van der Waals surface area contributed by atoms with Crippen LogP contribution in [-0.2, 0) is 28.6 Å². The largest absolute Gasteiger partial charge is 0.462 e. The summed E-state index contributed by atoms with van der Waals surface area (Å²) in [7, 11) is 0. The molecule has 0 saturated carbocycles. The van der Waals surface area contributed by atoms with Crippen LogP contribution in [-0.4, -0.2) is 37.2 Å². The first-order valence-electron chi connectivity index (χ1n) is 26.8. The van der Waals surface area contributed by atoms with Crippen LogP contribution in [0.4, 0.5) is 0 Å². The SMILES string of the molecule is CCCCC/C=C\C/C=C\CCCCCCCCCCCC(=O)OC[C@H](COC(=O)CCCCCCCCCCCCCCC)OC(=O)CCCCCCCCCCCCC. The standard InChI is InChI=1S/C55H102O6/c1-4-7-10-13-16-19-22-24-25-26-27-28-29-31-34-36-39-42-45-48-54(57)60-51-52(61-55(58)49-46-43-40-37-32-21-18-15-12-9-6-3)50-59-53(56)47-44-41-38-35-33-30-23-20-17-14-11-8-5-2/h16,19,24-25,52H,4-15,17-18,20-23,26-51H2,1-3H3/b19-16-,25-24-/t52-/m0/s1. The number of hydrogen-bond acceptors (Lipinski definition) is 6. The minimum absolute atomic E-state index is 0.0674. The maximum atomic E-state index is 12.8. The van der Waals surface area contributed by atoms with Crippen molar-refractivity contribution in [1.82, 2.24) is 0 Å². The average molecular weight is 859 g/mol. The average Bonchev–Trinajstić information content (AvgIpc) is 3.26. The fourth-order valence-electron chi connectivity index (χ4n) is 7.89. The second-order valence-electron chi connectivity index (χ2n) is 18.2. The first-order valence-corrected chi connectivity index (χ1v) is 26.8. The summed E-state index contributed by atoms with van der Waals surface area (Å²) in [4.78, 5) is 38.0. The Morgan fingerprint density at radius 3 is 0.934 bits per heavy atom. The van der Waals surface area contributed by atoms with Crippen LogP contribution in [0.2, 0.25) is 0 Å². The number of carbonyl (C=O) groups is 3. The van der Waals surface area contributed by atoms with E-state index in [1.165, 1.54) is 186 Å². The fraction of sp³-hybridized carbons (Fsp3) is 0.873. The zero-order valence-corrected chi connectivity index (χ0v) is 40.9. The van der Waals surface area contributed by atoms with Crippen LogP contribution in [0.25, 0.3) is 0 Å². The Hall–Kier alpha value is -2.11. The molecule has 358 valence electrons. The highest BCUT2D eigenvalue weighted by molar-refractivity contribution is 5.71. The van der Waals surface area contributed by atoms with E-state index in [9.17, 15) is 14.4 Å². The smallest absolute Gasteiger partial charge is 0.306 e. The van der Waals surface area contributed by atoms with Crippen LogP contribution in [0.1, 0.15) is 290 Å². The third-order valence-corrected chi connectivity index (χ3v) is 12.0. The van der Waals surface area contributed by atoms with Gasteiger partial charge in [0.1, 0.15) is 13.2 Å². The summed E-state index contributed by atoms with van der Waals surface area (Å²) in [5.74, 6) is -0.857. The molecule has 0 unspecified atom stereocenters. The maximum absolute atomic E-state index is 12.8. The predicted octanol–water partition coefficient (Wildman–Crippen LogP) is 17.5. The van der Waals surface area contributed by atoms with Crippen molar-refractivity contribution in [1.29, 1.82) is 0 Å². The first kappa shape index (κ1) is 58.9. The molecule has 0 aromatic rings. The summed E-state index contributed by atoms with van der Waals surface area (Å²) in [6, 6.07) is 0. The number of hydrogen-bond donors (Lipinski definition) is 0. The van der Waals surface area contributed by atoms with Crippen LogP contribution < -0.4 is 0 Å². The van der Waals surface area contributed by atoms with Gasteiger partial charge >= 0.3 is 17.9 Å². The molecule has 0 radical (unpaired) electrons. The van der Waals surface area contributed by atoms with Crippen LogP contribution in [0.3, 0.4) is 0 Å². The van der Waals surface area contributed by atoms with Gasteiger partial charge in [0.05, 0.1) is 0 Å². The number of rotatable bonds is 49. The molecule has 0 N–H and O–H groups in total. The zero-order chi connectivity index (χ0) is 44.4. The highest BCUT2D eigenvalue weighted by Gasteiger charge is 2.19. The molecular weight excluding hydrogens is 757 g/mol. The van der Waals surface area contributed by atoms with Gasteiger partial charge in [-0.3, -0.25) is 14.4 Å². The van der Waals surface area contributed by atoms with Crippen LogP contribution in [0.5, 0.6) is 0 Å². The van der Waals surface area contributed by atoms with E-state index in [0.29, 0.717) is 19.3 Å². The van der Waals surface area contributed by atoms with Crippen molar-refractivity contribution < 1.29 is 28.6 Å². The second kappa shape index (κ2) is 50.5. The molecular formula is C55H102O6. The first-order chi connectivity index (χ1) is 30.0. The van der Waals surface area contributed by atoms with Gasteiger partial charge in [-0.1, -0.05) is 244 Å². The second-order valence-corrected chi connectivity index (χ2v) is 18.2. The molecule has 0 spiro atoms. The van der Waals surface area contributed by atoms with Crippen molar-refractivity contribution in [3.63, 3.8) is 0 Å². The minimum atomic E-state index is -0.766. The van der Waals surface area contributed by atoms with Crippen LogP contribution in [0, 0.1) is 0 Å². The van der Waals surface area contributed by atoms with Crippen molar-refractivity contribution in [3.8, 4) is 0 Å². The minimum Gasteiger partial charge on any atom is -0.462 e. The number of ether oxygens (including phenoxy) is 3. The number of unbranched alkanes of at least 4 members (excludes halogenated alkanes) is 34. The molecule has 0 aromatic carbocycles.